The van der Waals surface area contributed by atoms with Crippen LogP contribution in [0.4, 0.5) is 0 Å². The lowest BCUT2D eigenvalue weighted by Crippen LogP contribution is -2.33. The molecule has 1 aliphatic heterocycles. The molecular weight excluding hydrogens is 168 g/mol. The number of carbonyl (C=O) groups is 1. The standard InChI is InChI=1S/C9H18N2O2/c10-8-9(12)13-7-6-11-4-2-1-3-5-11/h1-8,10H2. The van der Waals surface area contributed by atoms with E-state index in [0.29, 0.717) is 6.61 Å². The third kappa shape index (κ3) is 4.24. The molecule has 1 aliphatic rings. The average Bonchev–Trinajstić information content (AvgIpc) is 2.19. The van der Waals surface area contributed by atoms with Crippen molar-refractivity contribution in [2.24, 2.45) is 5.73 Å². The van der Waals surface area contributed by atoms with E-state index in [1.54, 1.807) is 0 Å². The Morgan fingerprint density at radius 1 is 1.31 bits per heavy atom. The Bertz CT molecular complexity index is 156. The predicted molar refractivity (Wildman–Crippen MR) is 50.3 cm³/mol. The van der Waals surface area contributed by atoms with Gasteiger partial charge in [0.25, 0.3) is 0 Å². The third-order valence-corrected chi connectivity index (χ3v) is 2.29. The minimum Gasteiger partial charge on any atom is -0.463 e. The largest absolute Gasteiger partial charge is 0.463 e. The van der Waals surface area contributed by atoms with E-state index >= 15 is 0 Å². The van der Waals surface area contributed by atoms with Gasteiger partial charge in [-0.15, -0.1) is 0 Å². The number of rotatable bonds is 4. The van der Waals surface area contributed by atoms with Crippen LogP contribution in [0, 0.1) is 0 Å². The molecule has 0 atom stereocenters. The van der Waals surface area contributed by atoms with Crippen LogP contribution in [-0.4, -0.2) is 43.7 Å². The number of nitrogens with zero attached hydrogens (tertiary/aromatic N) is 1. The summed E-state index contributed by atoms with van der Waals surface area (Å²) >= 11 is 0. The molecule has 0 aromatic carbocycles. The van der Waals surface area contributed by atoms with Crippen LogP contribution >= 0.6 is 0 Å². The normalized spacial score (nSPS) is 18.5. The van der Waals surface area contributed by atoms with Gasteiger partial charge >= 0.3 is 5.97 Å². The van der Waals surface area contributed by atoms with Crippen molar-refractivity contribution in [3.05, 3.63) is 0 Å². The fourth-order valence-corrected chi connectivity index (χ4v) is 1.53. The Hall–Kier alpha value is -0.610. The zero-order valence-corrected chi connectivity index (χ0v) is 8.00. The van der Waals surface area contributed by atoms with Gasteiger partial charge in [-0.3, -0.25) is 9.69 Å². The molecule has 0 spiro atoms. The van der Waals surface area contributed by atoms with Crippen LogP contribution in [0.25, 0.3) is 0 Å². The summed E-state index contributed by atoms with van der Waals surface area (Å²) in [7, 11) is 0. The maximum absolute atomic E-state index is 10.7. The molecule has 1 saturated heterocycles. The van der Waals surface area contributed by atoms with Crippen molar-refractivity contribution in [1.29, 1.82) is 0 Å². The van der Waals surface area contributed by atoms with Gasteiger partial charge in [0.05, 0.1) is 6.54 Å². The first kappa shape index (κ1) is 10.5. The van der Waals surface area contributed by atoms with E-state index in [-0.39, 0.29) is 12.5 Å². The Morgan fingerprint density at radius 2 is 2.00 bits per heavy atom. The maximum Gasteiger partial charge on any atom is 0.319 e. The van der Waals surface area contributed by atoms with Crippen LogP contribution in [-0.2, 0) is 9.53 Å². The zero-order chi connectivity index (χ0) is 9.52. The molecule has 0 aromatic rings. The van der Waals surface area contributed by atoms with E-state index in [2.05, 4.69) is 4.90 Å². The quantitative estimate of drug-likeness (QED) is 0.627. The topological polar surface area (TPSA) is 55.6 Å². The summed E-state index contributed by atoms with van der Waals surface area (Å²) in [6, 6.07) is 0. The molecule has 0 radical (unpaired) electrons. The SMILES string of the molecule is NCC(=O)OCCN1CCCCC1. The molecule has 0 unspecified atom stereocenters. The number of carbonyl (C=O) groups excluding carboxylic acids is 1. The highest BCUT2D eigenvalue weighted by Gasteiger charge is 2.09. The number of hydrogen-bond acceptors (Lipinski definition) is 4. The van der Waals surface area contributed by atoms with Crippen molar-refractivity contribution in [1.82, 2.24) is 4.90 Å². The fraction of sp³-hybridized carbons (Fsp3) is 0.889. The van der Waals surface area contributed by atoms with E-state index in [1.165, 1.54) is 19.3 Å². The van der Waals surface area contributed by atoms with E-state index in [4.69, 9.17) is 10.5 Å². The fourth-order valence-electron chi connectivity index (χ4n) is 1.53. The second-order valence-electron chi connectivity index (χ2n) is 3.33. The van der Waals surface area contributed by atoms with E-state index < -0.39 is 0 Å². The van der Waals surface area contributed by atoms with Crippen LogP contribution in [0.3, 0.4) is 0 Å². The minimum atomic E-state index is -0.308. The summed E-state index contributed by atoms with van der Waals surface area (Å²) in [4.78, 5) is 13.0. The van der Waals surface area contributed by atoms with Crippen LogP contribution in [0.15, 0.2) is 0 Å². The average molecular weight is 186 g/mol. The summed E-state index contributed by atoms with van der Waals surface area (Å²) in [6.07, 6.45) is 3.87. The second kappa shape index (κ2) is 5.94. The summed E-state index contributed by atoms with van der Waals surface area (Å²) in [6.45, 7) is 3.60. The van der Waals surface area contributed by atoms with Gasteiger partial charge in [0, 0.05) is 6.54 Å². The van der Waals surface area contributed by atoms with Crippen LogP contribution in [0.1, 0.15) is 19.3 Å². The first-order chi connectivity index (χ1) is 6.33. The Labute approximate surface area is 79.0 Å². The molecule has 76 valence electrons. The number of esters is 1. The lowest BCUT2D eigenvalue weighted by molar-refractivity contribution is -0.142. The number of nitrogens with two attached hydrogens (primary N) is 1. The highest BCUT2D eigenvalue weighted by atomic mass is 16.5. The van der Waals surface area contributed by atoms with Gasteiger partial charge in [-0.1, -0.05) is 6.42 Å². The predicted octanol–water partition coefficient (Wildman–Crippen LogP) is -0.0258. The molecule has 1 rings (SSSR count). The summed E-state index contributed by atoms with van der Waals surface area (Å²) in [5, 5.41) is 0. The van der Waals surface area contributed by atoms with E-state index in [9.17, 15) is 4.79 Å². The Balaban J connectivity index is 2.01. The number of ether oxygens (including phenoxy) is 1. The van der Waals surface area contributed by atoms with E-state index in [1.807, 2.05) is 0 Å². The molecule has 0 amide bonds. The molecule has 4 nitrogen and oxygen atoms in total. The zero-order valence-electron chi connectivity index (χ0n) is 8.00. The highest BCUT2D eigenvalue weighted by molar-refractivity contribution is 5.71. The first-order valence-electron chi connectivity index (χ1n) is 4.91. The smallest absolute Gasteiger partial charge is 0.319 e. The van der Waals surface area contributed by atoms with Gasteiger partial charge in [0.15, 0.2) is 0 Å². The molecule has 0 saturated carbocycles. The van der Waals surface area contributed by atoms with Crippen LogP contribution in [0.5, 0.6) is 0 Å². The van der Waals surface area contributed by atoms with Gasteiger partial charge < -0.3 is 10.5 Å². The molecular formula is C9H18N2O2. The third-order valence-electron chi connectivity index (χ3n) is 2.29. The van der Waals surface area contributed by atoms with Gasteiger partial charge in [-0.05, 0) is 25.9 Å². The lowest BCUT2D eigenvalue weighted by atomic mass is 10.1. The molecule has 13 heavy (non-hydrogen) atoms. The van der Waals surface area contributed by atoms with Crippen molar-refractivity contribution in [3.8, 4) is 0 Å². The highest BCUT2D eigenvalue weighted by Crippen LogP contribution is 2.07. The number of likely N-dealkylation sites (tertiary alicyclic amines) is 1. The molecule has 0 aliphatic carbocycles. The number of hydrogen-bond donors (Lipinski definition) is 1. The van der Waals surface area contributed by atoms with Crippen molar-refractivity contribution in [3.63, 3.8) is 0 Å². The van der Waals surface area contributed by atoms with Crippen LogP contribution < -0.4 is 5.73 Å². The number of piperidine rings is 1. The first-order valence-corrected chi connectivity index (χ1v) is 4.91. The maximum atomic E-state index is 10.7. The molecule has 0 bridgehead atoms. The van der Waals surface area contributed by atoms with Gasteiger partial charge in [0.2, 0.25) is 0 Å². The second-order valence-corrected chi connectivity index (χ2v) is 3.33. The van der Waals surface area contributed by atoms with Crippen molar-refractivity contribution in [2.45, 2.75) is 19.3 Å². The minimum absolute atomic E-state index is 0.0139. The monoisotopic (exact) mass is 186 g/mol. The van der Waals surface area contributed by atoms with E-state index in [0.717, 1.165) is 19.6 Å². The van der Waals surface area contributed by atoms with Gasteiger partial charge in [0.1, 0.15) is 6.61 Å². The lowest BCUT2D eigenvalue weighted by Gasteiger charge is -2.25. The summed E-state index contributed by atoms with van der Waals surface area (Å²) < 4.78 is 4.89. The van der Waals surface area contributed by atoms with Crippen molar-refractivity contribution < 1.29 is 9.53 Å². The molecule has 1 fully saturated rings. The molecule has 4 heteroatoms. The summed E-state index contributed by atoms with van der Waals surface area (Å²) in [5.74, 6) is -0.308. The van der Waals surface area contributed by atoms with Crippen molar-refractivity contribution >= 4 is 5.97 Å². The van der Waals surface area contributed by atoms with Gasteiger partial charge in [-0.25, -0.2) is 0 Å². The van der Waals surface area contributed by atoms with Crippen molar-refractivity contribution in [2.75, 3.05) is 32.8 Å². The Morgan fingerprint density at radius 3 is 2.62 bits per heavy atom. The van der Waals surface area contributed by atoms with Crippen LogP contribution in [0.2, 0.25) is 0 Å². The summed E-state index contributed by atoms with van der Waals surface area (Å²) in [5.41, 5.74) is 5.10. The molecule has 2 N–H and O–H groups in total. The van der Waals surface area contributed by atoms with Gasteiger partial charge in [-0.2, -0.15) is 0 Å². The molecule has 1 heterocycles. The molecule has 0 aromatic heterocycles. The Kier molecular flexibility index (Phi) is 4.78.